The summed E-state index contributed by atoms with van der Waals surface area (Å²) in [4.78, 5) is 39.1. The topological polar surface area (TPSA) is 75.7 Å². The molecule has 7 heteroatoms. The number of rotatable bonds is 7. The molecule has 34 heavy (non-hydrogen) atoms. The maximum absolute atomic E-state index is 12.9. The van der Waals surface area contributed by atoms with E-state index in [0.717, 1.165) is 33.4 Å². The zero-order chi connectivity index (χ0) is 24.1. The van der Waals surface area contributed by atoms with Gasteiger partial charge in [0.2, 0.25) is 5.91 Å². The van der Waals surface area contributed by atoms with Crippen molar-refractivity contribution in [2.45, 2.75) is 20.5 Å². The number of aryl methyl sites for hydroxylation is 2. The number of anilines is 1. The lowest BCUT2D eigenvalue weighted by Gasteiger charge is -2.13. The van der Waals surface area contributed by atoms with Crippen LogP contribution in [0.5, 0.6) is 5.75 Å². The van der Waals surface area contributed by atoms with E-state index in [1.54, 1.807) is 12.1 Å². The van der Waals surface area contributed by atoms with Gasteiger partial charge in [0.05, 0.1) is 4.91 Å². The van der Waals surface area contributed by atoms with Crippen molar-refractivity contribution in [3.8, 4) is 5.75 Å². The molecule has 0 aromatic heterocycles. The van der Waals surface area contributed by atoms with Crippen LogP contribution in [0.1, 0.15) is 22.3 Å². The zero-order valence-corrected chi connectivity index (χ0v) is 19.7. The van der Waals surface area contributed by atoms with Gasteiger partial charge in [0, 0.05) is 11.3 Å². The van der Waals surface area contributed by atoms with Crippen LogP contribution in [0.4, 0.5) is 10.5 Å². The quantitative estimate of drug-likeness (QED) is 0.456. The first-order chi connectivity index (χ1) is 16.4. The molecule has 4 rings (SSSR count). The van der Waals surface area contributed by atoms with Gasteiger partial charge in [-0.2, -0.15) is 0 Å². The summed E-state index contributed by atoms with van der Waals surface area (Å²) in [6, 6.07) is 22.7. The lowest BCUT2D eigenvalue weighted by molar-refractivity contribution is -0.127. The Hall–Kier alpha value is -3.84. The standard InChI is InChI=1S/C27H24N2O4S/c1-18-8-7-10-20(14-18)17-33-23-13-6-4-11-21(23)15-24-26(31)29(27(32)34-24)16-25(30)28-22-12-5-3-9-19(22)2/h3-15H,16-17H2,1-2H3,(H,28,30)/b24-15+. The molecule has 0 saturated carbocycles. The average Bonchev–Trinajstić information content (AvgIpc) is 3.07. The molecule has 1 aliphatic rings. The second-order valence-corrected chi connectivity index (χ2v) is 8.94. The monoisotopic (exact) mass is 472 g/mol. The van der Waals surface area contributed by atoms with Crippen LogP contribution in [0.3, 0.4) is 0 Å². The number of benzene rings is 3. The first-order valence-corrected chi connectivity index (χ1v) is 11.6. The summed E-state index contributed by atoms with van der Waals surface area (Å²) >= 11 is 0.816. The number of nitrogens with zero attached hydrogens (tertiary/aromatic N) is 1. The molecule has 0 aliphatic carbocycles. The van der Waals surface area contributed by atoms with Crippen LogP contribution in [0, 0.1) is 13.8 Å². The Morgan fingerprint density at radius 2 is 1.76 bits per heavy atom. The summed E-state index contributed by atoms with van der Waals surface area (Å²) in [5.74, 6) is -0.323. The lowest BCUT2D eigenvalue weighted by Crippen LogP contribution is -2.36. The molecule has 3 aromatic rings. The number of imide groups is 1. The Morgan fingerprint density at radius 1 is 1.00 bits per heavy atom. The second-order valence-electron chi connectivity index (χ2n) is 7.95. The van der Waals surface area contributed by atoms with E-state index in [1.165, 1.54) is 0 Å². The van der Waals surface area contributed by atoms with Gasteiger partial charge in [-0.3, -0.25) is 19.3 Å². The summed E-state index contributed by atoms with van der Waals surface area (Å²) < 4.78 is 5.99. The molecule has 3 amide bonds. The normalized spacial score (nSPS) is 14.5. The van der Waals surface area contributed by atoms with Crippen LogP contribution in [0.2, 0.25) is 0 Å². The van der Waals surface area contributed by atoms with Crippen molar-refractivity contribution in [3.63, 3.8) is 0 Å². The molecule has 1 N–H and O–H groups in total. The van der Waals surface area contributed by atoms with Gasteiger partial charge in [0.25, 0.3) is 11.1 Å². The van der Waals surface area contributed by atoms with Gasteiger partial charge >= 0.3 is 0 Å². The van der Waals surface area contributed by atoms with Gasteiger partial charge < -0.3 is 10.1 Å². The van der Waals surface area contributed by atoms with Crippen molar-refractivity contribution >= 4 is 40.6 Å². The third kappa shape index (κ3) is 5.55. The molecular weight excluding hydrogens is 448 g/mol. The van der Waals surface area contributed by atoms with Crippen LogP contribution in [-0.4, -0.2) is 28.5 Å². The SMILES string of the molecule is Cc1cccc(COc2ccccc2/C=C2/SC(=O)N(CC(=O)Nc3ccccc3C)C2=O)c1. The minimum Gasteiger partial charge on any atom is -0.488 e. The fourth-order valence-electron chi connectivity index (χ4n) is 3.52. The van der Waals surface area contributed by atoms with E-state index >= 15 is 0 Å². The summed E-state index contributed by atoms with van der Waals surface area (Å²) in [5.41, 5.74) is 4.41. The predicted molar refractivity (Wildman–Crippen MR) is 134 cm³/mol. The van der Waals surface area contributed by atoms with E-state index in [-0.39, 0.29) is 11.4 Å². The Labute approximate surface area is 202 Å². The largest absolute Gasteiger partial charge is 0.488 e. The smallest absolute Gasteiger partial charge is 0.294 e. The Balaban J connectivity index is 1.46. The minimum atomic E-state index is -0.497. The van der Waals surface area contributed by atoms with Crippen molar-refractivity contribution < 1.29 is 19.1 Å². The van der Waals surface area contributed by atoms with Gasteiger partial charge in [-0.25, -0.2) is 0 Å². The first-order valence-electron chi connectivity index (χ1n) is 10.8. The van der Waals surface area contributed by atoms with Crippen LogP contribution >= 0.6 is 11.8 Å². The van der Waals surface area contributed by atoms with Crippen LogP contribution in [0.25, 0.3) is 6.08 Å². The van der Waals surface area contributed by atoms with Gasteiger partial charge in [0.15, 0.2) is 0 Å². The van der Waals surface area contributed by atoms with Gasteiger partial charge in [-0.15, -0.1) is 0 Å². The van der Waals surface area contributed by atoms with Crippen LogP contribution in [0.15, 0.2) is 77.7 Å². The number of amides is 3. The van der Waals surface area contributed by atoms with Crippen molar-refractivity contribution in [2.75, 3.05) is 11.9 Å². The molecule has 1 aliphatic heterocycles. The van der Waals surface area contributed by atoms with Crippen molar-refractivity contribution in [1.82, 2.24) is 4.90 Å². The maximum Gasteiger partial charge on any atom is 0.294 e. The predicted octanol–water partition coefficient (Wildman–Crippen LogP) is 5.56. The van der Waals surface area contributed by atoms with Crippen molar-refractivity contribution in [2.24, 2.45) is 0 Å². The number of thioether (sulfide) groups is 1. The van der Waals surface area contributed by atoms with Crippen molar-refractivity contribution in [1.29, 1.82) is 0 Å². The Bertz CT molecular complexity index is 1280. The fourth-order valence-corrected chi connectivity index (χ4v) is 4.35. The molecular formula is C27H24N2O4S. The highest BCUT2D eigenvalue weighted by molar-refractivity contribution is 8.18. The van der Waals surface area contributed by atoms with E-state index < -0.39 is 17.1 Å². The Morgan fingerprint density at radius 3 is 2.56 bits per heavy atom. The van der Waals surface area contributed by atoms with Crippen molar-refractivity contribution in [3.05, 3.63) is 100.0 Å². The van der Waals surface area contributed by atoms with E-state index in [0.29, 0.717) is 23.6 Å². The second kappa shape index (κ2) is 10.4. The molecule has 0 unspecified atom stereocenters. The summed E-state index contributed by atoms with van der Waals surface area (Å²) in [6.45, 7) is 3.93. The van der Waals surface area contributed by atoms with Gasteiger partial charge in [-0.1, -0.05) is 66.2 Å². The van der Waals surface area contributed by atoms with Gasteiger partial charge in [-0.05, 0) is 54.9 Å². The lowest BCUT2D eigenvalue weighted by atomic mass is 10.1. The summed E-state index contributed by atoms with van der Waals surface area (Å²) in [7, 11) is 0. The summed E-state index contributed by atoms with van der Waals surface area (Å²) in [5, 5.41) is 2.28. The molecule has 1 heterocycles. The number of carbonyl (C=O) groups excluding carboxylic acids is 3. The zero-order valence-electron chi connectivity index (χ0n) is 18.9. The van der Waals surface area contributed by atoms with E-state index in [2.05, 4.69) is 11.4 Å². The molecule has 0 bridgehead atoms. The molecule has 1 saturated heterocycles. The summed E-state index contributed by atoms with van der Waals surface area (Å²) in [6.07, 6.45) is 1.63. The van der Waals surface area contributed by atoms with E-state index in [4.69, 9.17) is 4.74 Å². The molecule has 0 radical (unpaired) electrons. The Kier molecular flexibility index (Phi) is 7.13. The maximum atomic E-state index is 12.9. The third-order valence-corrected chi connectivity index (χ3v) is 6.18. The highest BCUT2D eigenvalue weighted by Crippen LogP contribution is 2.34. The number of hydrogen-bond acceptors (Lipinski definition) is 5. The fraction of sp³-hybridized carbons (Fsp3) is 0.148. The average molecular weight is 473 g/mol. The number of para-hydroxylation sites is 2. The third-order valence-electron chi connectivity index (χ3n) is 5.28. The molecule has 172 valence electrons. The highest BCUT2D eigenvalue weighted by Gasteiger charge is 2.36. The molecule has 1 fully saturated rings. The molecule has 0 spiro atoms. The van der Waals surface area contributed by atoms with E-state index in [9.17, 15) is 14.4 Å². The van der Waals surface area contributed by atoms with E-state index in [1.807, 2.05) is 74.5 Å². The molecule has 0 atom stereocenters. The highest BCUT2D eigenvalue weighted by atomic mass is 32.2. The van der Waals surface area contributed by atoms with Crippen LogP contribution in [-0.2, 0) is 16.2 Å². The first kappa shape index (κ1) is 23.3. The van der Waals surface area contributed by atoms with Gasteiger partial charge in [0.1, 0.15) is 18.9 Å². The number of hydrogen-bond donors (Lipinski definition) is 1. The number of nitrogens with one attached hydrogen (secondary N) is 1. The number of carbonyl (C=O) groups is 3. The molecule has 3 aromatic carbocycles. The molecule has 6 nitrogen and oxygen atoms in total. The minimum absolute atomic E-state index is 0.250. The number of ether oxygens (including phenoxy) is 1. The van der Waals surface area contributed by atoms with Crippen LogP contribution < -0.4 is 10.1 Å².